The molecule has 6 aromatic rings. The van der Waals surface area contributed by atoms with Crippen LogP contribution in [0.3, 0.4) is 0 Å². The van der Waals surface area contributed by atoms with E-state index >= 15 is 0 Å². The normalized spacial score (nSPS) is 20.5. The van der Waals surface area contributed by atoms with E-state index in [1.165, 1.54) is 38.7 Å². The van der Waals surface area contributed by atoms with Crippen LogP contribution in [0.1, 0.15) is 0 Å². The largest absolute Gasteiger partial charge is 0.357 e. The predicted molar refractivity (Wildman–Crippen MR) is 203 cm³/mol. The Morgan fingerprint density at radius 3 is 1.48 bits per heavy atom. The van der Waals surface area contributed by atoms with Gasteiger partial charge in [0.1, 0.15) is 0 Å². The van der Waals surface area contributed by atoms with Gasteiger partial charge in [-0.15, -0.1) is 0 Å². The van der Waals surface area contributed by atoms with Gasteiger partial charge in [-0.2, -0.15) is 0 Å². The van der Waals surface area contributed by atoms with Crippen molar-refractivity contribution in [3.63, 3.8) is 0 Å². The van der Waals surface area contributed by atoms with Crippen LogP contribution in [-0.2, 0) is 0 Å². The number of hydrogen-bond donors (Lipinski definition) is 0. The second-order valence-corrected chi connectivity index (χ2v) is 12.9. The van der Waals surface area contributed by atoms with Gasteiger partial charge in [-0.25, -0.2) is 0 Å². The minimum absolute atomic E-state index is 0.379. The molecule has 0 amide bonds. The fraction of sp³-hybridized carbons (Fsp3) is 0.0870. The molecule has 0 bridgehead atoms. The van der Waals surface area contributed by atoms with Crippen LogP contribution in [0, 0.1) is 11.8 Å². The van der Waals surface area contributed by atoms with Crippen LogP contribution in [0.15, 0.2) is 194 Å². The van der Waals surface area contributed by atoms with Crippen molar-refractivity contribution < 1.29 is 0 Å². The first kappa shape index (κ1) is 28.4. The topological polar surface area (TPSA) is 6.48 Å². The summed E-state index contributed by atoms with van der Waals surface area (Å²) in [5, 5.41) is 2.46. The van der Waals surface area contributed by atoms with E-state index < -0.39 is 0 Å². The summed E-state index contributed by atoms with van der Waals surface area (Å²) in [7, 11) is 0. The summed E-state index contributed by atoms with van der Waals surface area (Å²) in [6.07, 6.45) is 18.3. The van der Waals surface area contributed by atoms with Gasteiger partial charge in [-0.3, -0.25) is 0 Å². The molecule has 4 unspecified atom stereocenters. The lowest BCUT2D eigenvalue weighted by atomic mass is 9.83. The third-order valence-corrected chi connectivity index (χ3v) is 10.2. The van der Waals surface area contributed by atoms with Gasteiger partial charge in [0.2, 0.25) is 0 Å². The molecule has 4 atom stereocenters. The van der Waals surface area contributed by atoms with E-state index in [-0.39, 0.29) is 0 Å². The van der Waals surface area contributed by atoms with Crippen LogP contribution in [0.4, 0.5) is 22.7 Å². The molecule has 9 rings (SSSR count). The van der Waals surface area contributed by atoms with Crippen LogP contribution in [0.25, 0.3) is 33.0 Å². The fourth-order valence-corrected chi connectivity index (χ4v) is 7.93. The lowest BCUT2D eigenvalue weighted by molar-refractivity contribution is 0.527. The molecule has 6 aromatic carbocycles. The Morgan fingerprint density at radius 1 is 0.396 bits per heavy atom. The summed E-state index contributed by atoms with van der Waals surface area (Å²) in [6.45, 7) is 0. The van der Waals surface area contributed by atoms with Crippen LogP contribution in [0.2, 0.25) is 0 Å². The average molecular weight is 617 g/mol. The van der Waals surface area contributed by atoms with Crippen molar-refractivity contribution in [2.24, 2.45) is 11.8 Å². The molecular formula is C46H36N2. The summed E-state index contributed by atoms with van der Waals surface area (Å²) in [4.78, 5) is 4.98. The van der Waals surface area contributed by atoms with Crippen LogP contribution >= 0.6 is 0 Å². The van der Waals surface area contributed by atoms with Crippen molar-refractivity contribution in [2.45, 2.75) is 12.1 Å². The number of hydrogen-bond acceptors (Lipinski definition) is 2. The molecule has 0 radical (unpaired) electrons. The van der Waals surface area contributed by atoms with Gasteiger partial charge in [0.05, 0.1) is 17.8 Å². The SMILES string of the molecule is C1=CC2C3C=CC=CC3N(c3ccc(-c4ccc(N(c5ccc(-c6ccccc6)cc5)c5cccc6ccccc56)cc4)cc3)C2C=C1. The van der Waals surface area contributed by atoms with E-state index in [0.29, 0.717) is 23.9 Å². The number of nitrogens with zero attached hydrogens (tertiary/aromatic N) is 2. The molecule has 0 aromatic heterocycles. The van der Waals surface area contributed by atoms with Gasteiger partial charge < -0.3 is 9.80 Å². The summed E-state index contributed by atoms with van der Waals surface area (Å²) < 4.78 is 0. The van der Waals surface area contributed by atoms with E-state index in [4.69, 9.17) is 0 Å². The third-order valence-electron chi connectivity index (χ3n) is 10.2. The van der Waals surface area contributed by atoms with E-state index in [1.54, 1.807) is 0 Å². The van der Waals surface area contributed by atoms with Crippen molar-refractivity contribution in [2.75, 3.05) is 9.80 Å². The van der Waals surface area contributed by atoms with Gasteiger partial charge in [-0.05, 0) is 70.1 Å². The molecule has 1 heterocycles. The number of benzene rings is 6. The van der Waals surface area contributed by atoms with Crippen molar-refractivity contribution in [1.82, 2.24) is 0 Å². The van der Waals surface area contributed by atoms with Gasteiger partial charge in [0, 0.05) is 34.3 Å². The van der Waals surface area contributed by atoms with Crippen molar-refractivity contribution in [3.05, 3.63) is 194 Å². The predicted octanol–water partition coefficient (Wildman–Crippen LogP) is 11.7. The molecule has 3 aliphatic rings. The highest BCUT2D eigenvalue weighted by Gasteiger charge is 2.45. The number of fused-ring (bicyclic) bond motifs is 4. The van der Waals surface area contributed by atoms with Crippen LogP contribution < -0.4 is 9.80 Å². The zero-order valence-corrected chi connectivity index (χ0v) is 26.7. The Hall–Kier alpha value is -5.86. The number of rotatable bonds is 6. The smallest absolute Gasteiger partial charge is 0.0551 e. The Morgan fingerprint density at radius 2 is 0.875 bits per heavy atom. The molecule has 0 saturated carbocycles. The van der Waals surface area contributed by atoms with Gasteiger partial charge in [0.25, 0.3) is 0 Å². The highest BCUT2D eigenvalue weighted by atomic mass is 15.2. The monoisotopic (exact) mass is 616 g/mol. The number of anilines is 4. The molecule has 230 valence electrons. The molecular weight excluding hydrogens is 581 g/mol. The van der Waals surface area contributed by atoms with Crippen LogP contribution in [-0.4, -0.2) is 12.1 Å². The first-order valence-electron chi connectivity index (χ1n) is 16.9. The van der Waals surface area contributed by atoms with E-state index in [2.05, 4.69) is 204 Å². The highest BCUT2D eigenvalue weighted by molar-refractivity contribution is 5.99. The van der Waals surface area contributed by atoms with Gasteiger partial charge >= 0.3 is 0 Å². The summed E-state index contributed by atoms with van der Waals surface area (Å²) in [6, 6.07) is 53.6. The minimum atomic E-state index is 0.379. The minimum Gasteiger partial charge on any atom is -0.357 e. The molecule has 1 aliphatic heterocycles. The highest BCUT2D eigenvalue weighted by Crippen LogP contribution is 2.45. The van der Waals surface area contributed by atoms with Crippen molar-refractivity contribution in [3.8, 4) is 22.3 Å². The number of allylic oxidation sites excluding steroid dienone is 4. The zero-order valence-electron chi connectivity index (χ0n) is 26.7. The maximum Gasteiger partial charge on any atom is 0.0551 e. The Bertz CT molecular complexity index is 2150. The quantitative estimate of drug-likeness (QED) is 0.184. The standard InChI is InChI=1S/C46H36N2/c1-2-11-33(12-3-1)34-21-27-38(28-22-34)47(44-20-10-14-37-13-4-5-15-41(37)44)39-29-23-35(24-30-39)36-25-31-40(32-26-36)48-45-18-8-6-16-42(45)43-17-7-9-19-46(43)48/h1-32,42-43,45-46H. The maximum atomic E-state index is 2.60. The Labute approximate surface area is 282 Å². The third kappa shape index (κ3) is 4.98. The Balaban J connectivity index is 1.05. The molecule has 0 N–H and O–H groups in total. The summed E-state index contributed by atoms with van der Waals surface area (Å²) >= 11 is 0. The second kappa shape index (κ2) is 12.1. The molecule has 1 fully saturated rings. The Kier molecular flexibility index (Phi) is 7.13. The second-order valence-electron chi connectivity index (χ2n) is 12.9. The van der Waals surface area contributed by atoms with E-state index in [9.17, 15) is 0 Å². The average Bonchev–Trinajstić information content (AvgIpc) is 3.50. The fourth-order valence-electron chi connectivity index (χ4n) is 7.93. The van der Waals surface area contributed by atoms with E-state index in [1.807, 2.05) is 0 Å². The molecule has 2 heteroatoms. The molecule has 48 heavy (non-hydrogen) atoms. The first-order valence-corrected chi connectivity index (χ1v) is 16.9. The molecule has 0 spiro atoms. The lowest BCUT2D eigenvalue weighted by Gasteiger charge is -2.32. The van der Waals surface area contributed by atoms with Gasteiger partial charge in [0.15, 0.2) is 0 Å². The van der Waals surface area contributed by atoms with E-state index in [0.717, 1.165) is 17.1 Å². The summed E-state index contributed by atoms with van der Waals surface area (Å²) in [5.41, 5.74) is 9.56. The first-order chi connectivity index (χ1) is 23.8. The van der Waals surface area contributed by atoms with Gasteiger partial charge in [-0.1, -0.05) is 152 Å². The maximum absolute atomic E-state index is 2.60. The molecule has 1 saturated heterocycles. The zero-order chi connectivity index (χ0) is 31.9. The van der Waals surface area contributed by atoms with Crippen molar-refractivity contribution in [1.29, 1.82) is 0 Å². The summed E-state index contributed by atoms with van der Waals surface area (Å²) in [5.74, 6) is 1.01. The molecule has 2 aliphatic carbocycles. The molecule has 2 nitrogen and oxygen atoms in total. The lowest BCUT2D eigenvalue weighted by Crippen LogP contribution is -2.36. The van der Waals surface area contributed by atoms with Crippen molar-refractivity contribution >= 4 is 33.5 Å². The van der Waals surface area contributed by atoms with Crippen LogP contribution in [0.5, 0.6) is 0 Å².